The lowest BCUT2D eigenvalue weighted by Crippen LogP contribution is -2.01. The summed E-state index contributed by atoms with van der Waals surface area (Å²) >= 11 is 5.18. The highest BCUT2D eigenvalue weighted by Gasteiger charge is 2.19. The fourth-order valence-electron chi connectivity index (χ4n) is 0.774. The lowest BCUT2D eigenvalue weighted by atomic mass is 10.2. The van der Waals surface area contributed by atoms with Gasteiger partial charge in [0.2, 0.25) is 0 Å². The van der Waals surface area contributed by atoms with Crippen LogP contribution in [0.5, 0.6) is 0 Å². The molecule has 0 spiro atoms. The standard InChI is InChI=1S/C7H5ClF3N/c1-2-4(9)6(11)3(8)7(12)5(2)10/h12H2,1H3. The fraction of sp³-hybridized carbons (Fsp3) is 0.143. The van der Waals surface area contributed by atoms with Gasteiger partial charge in [0.1, 0.15) is 5.02 Å². The second-order valence-corrected chi connectivity index (χ2v) is 2.67. The average Bonchev–Trinajstić information content (AvgIpc) is 2.08. The van der Waals surface area contributed by atoms with Gasteiger partial charge in [-0.3, -0.25) is 0 Å². The first-order chi connectivity index (χ1) is 5.46. The molecule has 1 aromatic carbocycles. The SMILES string of the molecule is Cc1c(F)c(N)c(Cl)c(F)c1F. The van der Waals surface area contributed by atoms with Gasteiger partial charge in [0.25, 0.3) is 0 Å². The molecule has 0 aliphatic rings. The van der Waals surface area contributed by atoms with Crippen LogP contribution in [0.15, 0.2) is 0 Å². The van der Waals surface area contributed by atoms with Crippen LogP contribution in [-0.4, -0.2) is 0 Å². The van der Waals surface area contributed by atoms with Gasteiger partial charge in [0, 0.05) is 5.56 Å². The highest BCUT2D eigenvalue weighted by atomic mass is 35.5. The van der Waals surface area contributed by atoms with Crippen LogP contribution in [0.25, 0.3) is 0 Å². The highest BCUT2D eigenvalue weighted by molar-refractivity contribution is 6.33. The zero-order valence-electron chi connectivity index (χ0n) is 6.09. The summed E-state index contributed by atoms with van der Waals surface area (Å²) < 4.78 is 38.2. The van der Waals surface area contributed by atoms with Crippen LogP contribution >= 0.6 is 11.6 Å². The van der Waals surface area contributed by atoms with E-state index in [1.165, 1.54) is 0 Å². The van der Waals surface area contributed by atoms with E-state index in [0.717, 1.165) is 6.92 Å². The summed E-state index contributed by atoms with van der Waals surface area (Å²) in [6.07, 6.45) is 0. The molecule has 0 saturated heterocycles. The molecule has 0 aliphatic heterocycles. The van der Waals surface area contributed by atoms with Crippen molar-refractivity contribution in [2.24, 2.45) is 0 Å². The molecule has 5 heteroatoms. The van der Waals surface area contributed by atoms with Gasteiger partial charge in [0.05, 0.1) is 5.69 Å². The molecule has 0 unspecified atom stereocenters. The lowest BCUT2D eigenvalue weighted by Gasteiger charge is -2.05. The molecule has 2 N–H and O–H groups in total. The van der Waals surface area contributed by atoms with Gasteiger partial charge in [-0.2, -0.15) is 0 Å². The molecule has 0 aromatic heterocycles. The first kappa shape index (κ1) is 9.19. The molecule has 0 saturated carbocycles. The first-order valence-corrected chi connectivity index (χ1v) is 3.42. The Morgan fingerprint density at radius 2 is 1.58 bits per heavy atom. The Kier molecular flexibility index (Phi) is 2.19. The Balaban J connectivity index is 3.60. The third kappa shape index (κ3) is 1.12. The summed E-state index contributed by atoms with van der Waals surface area (Å²) in [4.78, 5) is 0. The van der Waals surface area contributed by atoms with E-state index < -0.39 is 33.7 Å². The predicted octanol–water partition coefficient (Wildman–Crippen LogP) is 2.65. The predicted molar refractivity (Wildman–Crippen MR) is 40.5 cm³/mol. The van der Waals surface area contributed by atoms with Crippen LogP contribution in [-0.2, 0) is 0 Å². The Bertz CT molecular complexity index is 233. The Labute approximate surface area is 71.9 Å². The van der Waals surface area contributed by atoms with Crippen molar-refractivity contribution >= 4 is 17.3 Å². The fourth-order valence-corrected chi connectivity index (χ4v) is 0.940. The minimum atomic E-state index is -1.31. The van der Waals surface area contributed by atoms with Gasteiger partial charge >= 0.3 is 0 Å². The molecule has 1 rings (SSSR count). The Hall–Kier alpha value is -0.900. The molecule has 1 aromatic rings. The van der Waals surface area contributed by atoms with E-state index >= 15 is 0 Å². The largest absolute Gasteiger partial charge is 0.395 e. The van der Waals surface area contributed by atoms with Crippen LogP contribution in [0, 0.1) is 24.4 Å². The summed E-state index contributed by atoms with van der Waals surface area (Å²) in [5, 5.41) is -0.712. The molecular weight excluding hydrogens is 191 g/mol. The van der Waals surface area contributed by atoms with E-state index in [2.05, 4.69) is 0 Å². The zero-order chi connectivity index (χ0) is 9.46. The number of benzene rings is 1. The number of anilines is 1. The van der Waals surface area contributed by atoms with Gasteiger partial charge in [-0.05, 0) is 6.92 Å². The van der Waals surface area contributed by atoms with Crippen molar-refractivity contribution in [1.82, 2.24) is 0 Å². The van der Waals surface area contributed by atoms with E-state index in [4.69, 9.17) is 17.3 Å². The van der Waals surface area contributed by atoms with E-state index in [1.807, 2.05) is 0 Å². The molecule has 0 amide bonds. The molecular formula is C7H5ClF3N. The maximum Gasteiger partial charge on any atom is 0.179 e. The molecule has 12 heavy (non-hydrogen) atoms. The van der Waals surface area contributed by atoms with Crippen molar-refractivity contribution in [3.05, 3.63) is 28.0 Å². The van der Waals surface area contributed by atoms with Crippen LogP contribution in [0.4, 0.5) is 18.9 Å². The normalized spacial score (nSPS) is 10.4. The van der Waals surface area contributed by atoms with E-state index in [1.54, 1.807) is 0 Å². The maximum absolute atomic E-state index is 12.8. The zero-order valence-corrected chi connectivity index (χ0v) is 6.85. The van der Waals surface area contributed by atoms with Crippen LogP contribution in [0.1, 0.15) is 5.56 Å². The van der Waals surface area contributed by atoms with Crippen molar-refractivity contribution in [3.63, 3.8) is 0 Å². The minimum absolute atomic E-state index is 0.464. The second kappa shape index (κ2) is 2.86. The number of halogens is 4. The number of nitrogen functional groups attached to an aromatic ring is 1. The quantitative estimate of drug-likeness (QED) is 0.384. The summed E-state index contributed by atoms with van der Waals surface area (Å²) in [6.45, 7) is 1.08. The minimum Gasteiger partial charge on any atom is -0.395 e. The van der Waals surface area contributed by atoms with Crippen molar-refractivity contribution < 1.29 is 13.2 Å². The van der Waals surface area contributed by atoms with Crippen LogP contribution in [0.3, 0.4) is 0 Å². The molecule has 0 heterocycles. The number of nitrogens with two attached hydrogens (primary N) is 1. The van der Waals surface area contributed by atoms with Crippen LogP contribution in [0.2, 0.25) is 5.02 Å². The van der Waals surface area contributed by atoms with Crippen molar-refractivity contribution in [3.8, 4) is 0 Å². The third-order valence-electron chi connectivity index (χ3n) is 1.52. The van der Waals surface area contributed by atoms with Crippen molar-refractivity contribution in [1.29, 1.82) is 0 Å². The van der Waals surface area contributed by atoms with E-state index in [-0.39, 0.29) is 0 Å². The smallest absolute Gasteiger partial charge is 0.179 e. The monoisotopic (exact) mass is 195 g/mol. The van der Waals surface area contributed by atoms with Gasteiger partial charge < -0.3 is 5.73 Å². The molecule has 1 nitrogen and oxygen atoms in total. The highest BCUT2D eigenvalue weighted by Crippen LogP contribution is 2.30. The number of hydrogen-bond donors (Lipinski definition) is 1. The molecule has 0 fully saturated rings. The molecule has 0 bridgehead atoms. The van der Waals surface area contributed by atoms with Gasteiger partial charge in [-0.15, -0.1) is 0 Å². The van der Waals surface area contributed by atoms with Gasteiger partial charge in [0.15, 0.2) is 17.5 Å². The van der Waals surface area contributed by atoms with E-state index in [0.29, 0.717) is 0 Å². The molecule has 66 valence electrons. The Morgan fingerprint density at radius 3 is 2.08 bits per heavy atom. The third-order valence-corrected chi connectivity index (χ3v) is 1.89. The van der Waals surface area contributed by atoms with Crippen LogP contribution < -0.4 is 5.73 Å². The molecule has 0 radical (unpaired) electrons. The number of rotatable bonds is 0. The summed E-state index contributed by atoms with van der Waals surface area (Å²) in [5.41, 5.74) is 4.01. The van der Waals surface area contributed by atoms with Crippen molar-refractivity contribution in [2.75, 3.05) is 5.73 Å². The summed E-state index contributed by atoms with van der Waals surface area (Å²) in [6, 6.07) is 0. The average molecular weight is 196 g/mol. The lowest BCUT2D eigenvalue weighted by molar-refractivity contribution is 0.488. The topological polar surface area (TPSA) is 26.0 Å². The van der Waals surface area contributed by atoms with Crippen molar-refractivity contribution in [2.45, 2.75) is 6.92 Å². The van der Waals surface area contributed by atoms with Gasteiger partial charge in [-0.1, -0.05) is 11.6 Å². The Morgan fingerprint density at radius 1 is 1.08 bits per heavy atom. The molecule has 0 atom stereocenters. The summed E-state index contributed by atoms with van der Waals surface area (Å²) in [7, 11) is 0. The summed E-state index contributed by atoms with van der Waals surface area (Å²) in [5.74, 6) is -3.63. The second-order valence-electron chi connectivity index (χ2n) is 2.29. The van der Waals surface area contributed by atoms with Gasteiger partial charge in [-0.25, -0.2) is 13.2 Å². The first-order valence-electron chi connectivity index (χ1n) is 3.04. The molecule has 0 aliphatic carbocycles. The number of hydrogen-bond acceptors (Lipinski definition) is 1. The van der Waals surface area contributed by atoms with E-state index in [9.17, 15) is 13.2 Å². The maximum atomic E-state index is 12.8.